The van der Waals surface area contributed by atoms with Crippen LogP contribution < -0.4 is 9.62 Å². The van der Waals surface area contributed by atoms with Gasteiger partial charge in [-0.25, -0.2) is 12.8 Å². The zero-order valence-electron chi connectivity index (χ0n) is 15.7. The molecule has 146 valence electrons. The van der Waals surface area contributed by atoms with Crippen molar-refractivity contribution in [3.05, 3.63) is 66.0 Å². The molecule has 2 aromatic rings. The van der Waals surface area contributed by atoms with Gasteiger partial charge in [0.2, 0.25) is 15.9 Å². The second kappa shape index (κ2) is 8.99. The summed E-state index contributed by atoms with van der Waals surface area (Å²) in [6.07, 6.45) is 1.66. The average Bonchev–Trinajstić information content (AvgIpc) is 2.59. The van der Waals surface area contributed by atoms with Crippen LogP contribution in [0.4, 0.5) is 10.1 Å². The fourth-order valence-corrected chi connectivity index (χ4v) is 3.70. The number of nitrogens with zero attached hydrogens (tertiary/aromatic N) is 1. The summed E-state index contributed by atoms with van der Waals surface area (Å²) >= 11 is 0. The summed E-state index contributed by atoms with van der Waals surface area (Å²) in [5.74, 6) is -0.858. The van der Waals surface area contributed by atoms with Crippen molar-refractivity contribution in [3.63, 3.8) is 0 Å². The first-order valence-electron chi connectivity index (χ1n) is 8.75. The normalized spacial score (nSPS) is 12.6. The third-order valence-electron chi connectivity index (χ3n) is 4.05. The molecule has 27 heavy (non-hydrogen) atoms. The van der Waals surface area contributed by atoms with Crippen LogP contribution in [0.25, 0.3) is 0 Å². The first kappa shape index (κ1) is 20.9. The molecule has 5 nitrogen and oxygen atoms in total. The number of halogens is 1. The predicted molar refractivity (Wildman–Crippen MR) is 105 cm³/mol. The van der Waals surface area contributed by atoms with Crippen molar-refractivity contribution in [2.45, 2.75) is 26.3 Å². The molecule has 0 spiro atoms. The third-order valence-corrected chi connectivity index (χ3v) is 5.18. The summed E-state index contributed by atoms with van der Waals surface area (Å²) in [6.45, 7) is 3.61. The average molecular weight is 392 g/mol. The first-order valence-corrected chi connectivity index (χ1v) is 10.6. The number of hydrogen-bond acceptors (Lipinski definition) is 3. The number of amides is 1. The molecule has 0 aliphatic carbocycles. The molecule has 0 bridgehead atoms. The Morgan fingerprint density at radius 2 is 1.67 bits per heavy atom. The van der Waals surface area contributed by atoms with Gasteiger partial charge in [0.25, 0.3) is 0 Å². The maximum Gasteiger partial charge on any atom is 0.241 e. The van der Waals surface area contributed by atoms with Crippen molar-refractivity contribution in [2.24, 2.45) is 5.92 Å². The Hall–Kier alpha value is -2.41. The molecule has 0 saturated carbocycles. The maximum atomic E-state index is 14.1. The molecule has 0 radical (unpaired) electrons. The van der Waals surface area contributed by atoms with Crippen molar-refractivity contribution < 1.29 is 17.6 Å². The lowest BCUT2D eigenvalue weighted by Gasteiger charge is -2.25. The van der Waals surface area contributed by atoms with Crippen molar-refractivity contribution in [1.82, 2.24) is 5.32 Å². The second-order valence-electron chi connectivity index (χ2n) is 6.88. The van der Waals surface area contributed by atoms with E-state index >= 15 is 0 Å². The fourth-order valence-electron chi connectivity index (χ4n) is 2.84. The van der Waals surface area contributed by atoms with Crippen molar-refractivity contribution in [1.29, 1.82) is 0 Å². The molecule has 0 saturated heterocycles. The molecule has 2 aromatic carbocycles. The van der Waals surface area contributed by atoms with E-state index in [2.05, 4.69) is 5.32 Å². The van der Waals surface area contributed by atoms with E-state index in [1.165, 1.54) is 18.2 Å². The van der Waals surface area contributed by atoms with E-state index in [4.69, 9.17) is 0 Å². The second-order valence-corrected chi connectivity index (χ2v) is 8.79. The number of benzene rings is 2. The summed E-state index contributed by atoms with van der Waals surface area (Å²) in [4.78, 5) is 12.6. The Balaban J connectivity index is 2.22. The molecule has 0 aliphatic heterocycles. The fraction of sp³-hybridized carbons (Fsp3) is 0.350. The number of nitrogens with one attached hydrogen (secondary N) is 1. The Kier molecular flexibility index (Phi) is 6.96. The highest BCUT2D eigenvalue weighted by atomic mass is 32.2. The molecule has 1 N–H and O–H groups in total. The van der Waals surface area contributed by atoms with Crippen LogP contribution in [0.2, 0.25) is 0 Å². The topological polar surface area (TPSA) is 66.5 Å². The van der Waals surface area contributed by atoms with Gasteiger partial charge in [-0.15, -0.1) is 0 Å². The molecule has 7 heteroatoms. The summed E-state index contributed by atoms with van der Waals surface area (Å²) in [5.41, 5.74) is 0.798. The minimum Gasteiger partial charge on any atom is -0.348 e. The summed E-state index contributed by atoms with van der Waals surface area (Å²) in [5, 5.41) is 2.89. The van der Waals surface area contributed by atoms with Crippen LogP contribution in [0, 0.1) is 11.7 Å². The first-order chi connectivity index (χ1) is 12.7. The van der Waals surface area contributed by atoms with E-state index < -0.39 is 28.3 Å². The number of carbonyl (C=O) groups is 1. The van der Waals surface area contributed by atoms with E-state index in [0.717, 1.165) is 22.2 Å². The minimum absolute atomic E-state index is 0.143. The molecule has 1 amide bonds. The van der Waals surface area contributed by atoms with Crippen LogP contribution >= 0.6 is 0 Å². The molecule has 0 aromatic heterocycles. The van der Waals surface area contributed by atoms with Gasteiger partial charge in [-0.3, -0.25) is 9.10 Å². The van der Waals surface area contributed by atoms with Gasteiger partial charge in [0, 0.05) is 0 Å². The van der Waals surface area contributed by atoms with E-state index in [9.17, 15) is 17.6 Å². The SMILES string of the molecule is CC(C)C[C@H](NC(=O)CN(c1ccccc1F)S(C)(=O)=O)c1ccccc1. The van der Waals surface area contributed by atoms with Crippen LogP contribution in [0.3, 0.4) is 0 Å². The smallest absolute Gasteiger partial charge is 0.241 e. The van der Waals surface area contributed by atoms with Gasteiger partial charge in [0.05, 0.1) is 18.0 Å². The number of sulfonamides is 1. The zero-order chi connectivity index (χ0) is 20.0. The lowest BCUT2D eigenvalue weighted by atomic mass is 9.97. The summed E-state index contributed by atoms with van der Waals surface area (Å²) < 4.78 is 39.1. The van der Waals surface area contributed by atoms with Gasteiger partial charge in [0.1, 0.15) is 12.4 Å². The third kappa shape index (κ3) is 6.06. The number of hydrogen-bond donors (Lipinski definition) is 1. The predicted octanol–water partition coefficient (Wildman–Crippen LogP) is 3.50. The Morgan fingerprint density at radius 1 is 1.07 bits per heavy atom. The van der Waals surface area contributed by atoms with Gasteiger partial charge < -0.3 is 5.32 Å². The van der Waals surface area contributed by atoms with E-state index in [-0.39, 0.29) is 11.7 Å². The van der Waals surface area contributed by atoms with Crippen molar-refractivity contribution in [2.75, 3.05) is 17.1 Å². The molecular formula is C20H25FN2O3S. The Morgan fingerprint density at radius 3 is 2.22 bits per heavy atom. The molecule has 0 unspecified atom stereocenters. The van der Waals surface area contributed by atoms with Crippen molar-refractivity contribution >= 4 is 21.6 Å². The number of para-hydroxylation sites is 1. The molecule has 0 aliphatic rings. The number of anilines is 1. The van der Waals surface area contributed by atoms with E-state index in [1.807, 2.05) is 44.2 Å². The highest BCUT2D eigenvalue weighted by Crippen LogP contribution is 2.23. The van der Waals surface area contributed by atoms with Crippen LogP contribution in [-0.4, -0.2) is 27.1 Å². The Bertz CT molecular complexity index is 870. The zero-order valence-corrected chi connectivity index (χ0v) is 16.5. The van der Waals surface area contributed by atoms with Crippen LogP contribution in [0.1, 0.15) is 31.9 Å². The maximum absolute atomic E-state index is 14.1. The van der Waals surface area contributed by atoms with Crippen LogP contribution in [0.5, 0.6) is 0 Å². The van der Waals surface area contributed by atoms with Gasteiger partial charge in [0.15, 0.2) is 0 Å². The van der Waals surface area contributed by atoms with Gasteiger partial charge in [-0.05, 0) is 30.0 Å². The summed E-state index contributed by atoms with van der Waals surface area (Å²) in [7, 11) is -3.83. The molecule has 0 heterocycles. The lowest BCUT2D eigenvalue weighted by Crippen LogP contribution is -2.42. The van der Waals surface area contributed by atoms with E-state index in [1.54, 1.807) is 0 Å². The minimum atomic E-state index is -3.83. The largest absolute Gasteiger partial charge is 0.348 e. The van der Waals surface area contributed by atoms with Gasteiger partial charge in [-0.1, -0.05) is 56.3 Å². The molecular weight excluding hydrogens is 367 g/mol. The molecule has 2 rings (SSSR count). The van der Waals surface area contributed by atoms with Crippen LogP contribution in [-0.2, 0) is 14.8 Å². The highest BCUT2D eigenvalue weighted by molar-refractivity contribution is 7.92. The Labute approximate surface area is 160 Å². The highest BCUT2D eigenvalue weighted by Gasteiger charge is 2.25. The van der Waals surface area contributed by atoms with Crippen LogP contribution in [0.15, 0.2) is 54.6 Å². The summed E-state index contributed by atoms with van der Waals surface area (Å²) in [6, 6.07) is 14.7. The monoisotopic (exact) mass is 392 g/mol. The van der Waals surface area contributed by atoms with Crippen molar-refractivity contribution in [3.8, 4) is 0 Å². The van der Waals surface area contributed by atoms with Gasteiger partial charge in [-0.2, -0.15) is 0 Å². The number of carbonyl (C=O) groups excluding carboxylic acids is 1. The molecule has 1 atom stereocenters. The number of rotatable bonds is 8. The van der Waals surface area contributed by atoms with E-state index in [0.29, 0.717) is 12.3 Å². The lowest BCUT2D eigenvalue weighted by molar-refractivity contribution is -0.120. The van der Waals surface area contributed by atoms with Gasteiger partial charge >= 0.3 is 0 Å². The molecule has 0 fully saturated rings. The quantitative estimate of drug-likeness (QED) is 0.748. The standard InChI is InChI=1S/C20H25FN2O3S/c1-15(2)13-18(16-9-5-4-6-10-16)22-20(24)14-23(27(3,25)26)19-12-8-7-11-17(19)21/h4-12,15,18H,13-14H2,1-3H3,(H,22,24)/t18-/m0/s1.